The Morgan fingerprint density at radius 1 is 1.34 bits per heavy atom. The largest absolute Gasteiger partial charge is 0.491 e. The summed E-state index contributed by atoms with van der Waals surface area (Å²) in [6.45, 7) is 9.38. The molecule has 2 amide bonds. The van der Waals surface area contributed by atoms with Crippen LogP contribution in [0, 0.1) is 13.8 Å². The topological polar surface area (TPSA) is 67.6 Å². The van der Waals surface area contributed by atoms with Gasteiger partial charge in [0.2, 0.25) is 0 Å². The van der Waals surface area contributed by atoms with Crippen molar-refractivity contribution < 1.29 is 14.1 Å². The van der Waals surface area contributed by atoms with Gasteiger partial charge in [0.15, 0.2) is 5.82 Å². The van der Waals surface area contributed by atoms with Crippen LogP contribution in [0.3, 0.4) is 0 Å². The first-order valence-corrected chi connectivity index (χ1v) is 10.4. The van der Waals surface area contributed by atoms with Gasteiger partial charge in [-0.15, -0.1) is 0 Å². The maximum atomic E-state index is 12.5. The van der Waals surface area contributed by atoms with Crippen LogP contribution in [0.5, 0.6) is 5.75 Å². The number of nitrogens with one attached hydrogen (secondary N) is 1. The van der Waals surface area contributed by atoms with E-state index in [1.165, 1.54) is 5.57 Å². The number of amides is 2. The highest BCUT2D eigenvalue weighted by Crippen LogP contribution is 2.24. The van der Waals surface area contributed by atoms with Crippen LogP contribution in [0.2, 0.25) is 0 Å². The molecule has 2 aromatic rings. The van der Waals surface area contributed by atoms with Crippen LogP contribution >= 0.6 is 0 Å². The van der Waals surface area contributed by atoms with Gasteiger partial charge in [0.05, 0.1) is 6.10 Å². The molecule has 29 heavy (non-hydrogen) atoms. The Labute approximate surface area is 172 Å². The molecule has 6 heteroatoms. The molecule has 3 rings (SSSR count). The lowest BCUT2D eigenvalue weighted by atomic mass is 10.0. The number of urea groups is 1. The molecule has 0 bridgehead atoms. The van der Waals surface area contributed by atoms with Crippen LogP contribution in [0.4, 0.5) is 10.6 Å². The number of carbonyl (C=O) groups is 1. The number of piperidine rings is 1. The zero-order valence-electron chi connectivity index (χ0n) is 17.8. The third kappa shape index (κ3) is 5.62. The summed E-state index contributed by atoms with van der Waals surface area (Å²) in [5.74, 6) is 2.14. The van der Waals surface area contributed by atoms with Crippen molar-refractivity contribution in [1.82, 2.24) is 10.1 Å². The molecule has 1 aromatic carbocycles. The number of hydrogen-bond donors (Lipinski definition) is 1. The summed E-state index contributed by atoms with van der Waals surface area (Å²) >= 11 is 0. The van der Waals surface area contributed by atoms with E-state index >= 15 is 0 Å². The maximum absolute atomic E-state index is 12.5. The SMILES string of the molecule is CCCC(C)Oc1cccc(C=C2CCN(C(=O)Nc3noc(C)c3C)CC2)c1. The van der Waals surface area contributed by atoms with Gasteiger partial charge in [-0.3, -0.25) is 5.32 Å². The second kappa shape index (κ2) is 9.63. The van der Waals surface area contributed by atoms with Gasteiger partial charge < -0.3 is 14.2 Å². The van der Waals surface area contributed by atoms with Crippen molar-refractivity contribution in [1.29, 1.82) is 0 Å². The minimum atomic E-state index is -0.124. The van der Waals surface area contributed by atoms with E-state index in [2.05, 4.69) is 42.5 Å². The number of ether oxygens (including phenoxy) is 1. The van der Waals surface area contributed by atoms with Crippen molar-refractivity contribution in [2.75, 3.05) is 18.4 Å². The average molecular weight is 398 g/mol. The Balaban J connectivity index is 1.55. The van der Waals surface area contributed by atoms with Crippen LogP contribution in [0.25, 0.3) is 6.08 Å². The van der Waals surface area contributed by atoms with Gasteiger partial charge in [0, 0.05) is 18.7 Å². The van der Waals surface area contributed by atoms with Gasteiger partial charge in [-0.05, 0) is 57.7 Å². The zero-order chi connectivity index (χ0) is 20.8. The Hall–Kier alpha value is -2.76. The van der Waals surface area contributed by atoms with Crippen LogP contribution < -0.4 is 10.1 Å². The van der Waals surface area contributed by atoms with E-state index < -0.39 is 0 Å². The highest BCUT2D eigenvalue weighted by atomic mass is 16.5. The number of rotatable bonds is 6. The van der Waals surface area contributed by atoms with Crippen LogP contribution in [0.15, 0.2) is 34.4 Å². The van der Waals surface area contributed by atoms with Crippen molar-refractivity contribution in [2.24, 2.45) is 0 Å². The highest BCUT2D eigenvalue weighted by molar-refractivity contribution is 5.89. The van der Waals surface area contributed by atoms with E-state index in [9.17, 15) is 4.79 Å². The van der Waals surface area contributed by atoms with E-state index in [-0.39, 0.29) is 12.1 Å². The second-order valence-corrected chi connectivity index (χ2v) is 7.72. The Kier molecular flexibility index (Phi) is 6.96. The minimum Gasteiger partial charge on any atom is -0.491 e. The smallest absolute Gasteiger partial charge is 0.323 e. The first-order valence-electron chi connectivity index (χ1n) is 10.4. The first kappa shape index (κ1) is 21.0. The van der Waals surface area contributed by atoms with Crippen molar-refractivity contribution in [3.8, 4) is 5.75 Å². The lowest BCUT2D eigenvalue weighted by Gasteiger charge is -2.28. The Bertz CT molecular complexity index is 862. The van der Waals surface area contributed by atoms with Gasteiger partial charge >= 0.3 is 6.03 Å². The van der Waals surface area contributed by atoms with Crippen molar-refractivity contribution in [2.45, 2.75) is 59.5 Å². The fraction of sp³-hybridized carbons (Fsp3) is 0.478. The quantitative estimate of drug-likeness (QED) is 0.692. The standard InChI is InChI=1S/C23H31N3O3/c1-5-7-16(2)28-21-9-6-8-20(15-21)14-19-10-12-26(13-11-19)23(27)24-22-17(3)18(4)29-25-22/h6,8-9,14-16H,5,7,10-13H2,1-4H3,(H,24,25,27). The first-order chi connectivity index (χ1) is 14.0. The summed E-state index contributed by atoms with van der Waals surface area (Å²) in [4.78, 5) is 14.3. The molecule has 156 valence electrons. The molecule has 1 saturated heterocycles. The number of aryl methyl sites for hydroxylation is 1. The molecule has 1 fully saturated rings. The molecule has 6 nitrogen and oxygen atoms in total. The minimum absolute atomic E-state index is 0.124. The molecule has 1 N–H and O–H groups in total. The predicted molar refractivity (Wildman–Crippen MR) is 115 cm³/mol. The highest BCUT2D eigenvalue weighted by Gasteiger charge is 2.21. The third-order valence-corrected chi connectivity index (χ3v) is 5.34. The van der Waals surface area contributed by atoms with Gasteiger partial charge in [-0.1, -0.05) is 42.3 Å². The number of likely N-dealkylation sites (tertiary alicyclic amines) is 1. The molecule has 0 saturated carbocycles. The maximum Gasteiger partial charge on any atom is 0.323 e. The van der Waals surface area contributed by atoms with E-state index in [1.54, 1.807) is 0 Å². The van der Waals surface area contributed by atoms with Crippen LogP contribution in [-0.4, -0.2) is 35.3 Å². The molecule has 1 aliphatic rings. The molecule has 1 atom stereocenters. The van der Waals surface area contributed by atoms with E-state index in [0.29, 0.717) is 18.9 Å². The van der Waals surface area contributed by atoms with Crippen molar-refractivity contribution >= 4 is 17.9 Å². The summed E-state index contributed by atoms with van der Waals surface area (Å²) in [6, 6.07) is 8.10. The Morgan fingerprint density at radius 3 is 2.76 bits per heavy atom. The molecule has 2 heterocycles. The Morgan fingerprint density at radius 2 is 2.10 bits per heavy atom. The summed E-state index contributed by atoms with van der Waals surface area (Å²) < 4.78 is 11.1. The molecule has 1 aliphatic heterocycles. The number of aromatic nitrogens is 1. The monoisotopic (exact) mass is 397 g/mol. The summed E-state index contributed by atoms with van der Waals surface area (Å²) in [5.41, 5.74) is 3.36. The van der Waals surface area contributed by atoms with E-state index in [4.69, 9.17) is 9.26 Å². The van der Waals surface area contributed by atoms with Gasteiger partial charge in [0.25, 0.3) is 0 Å². The molecule has 1 aromatic heterocycles. The number of anilines is 1. The van der Waals surface area contributed by atoms with Gasteiger partial charge in [0.1, 0.15) is 11.5 Å². The molecular formula is C23H31N3O3. The summed E-state index contributed by atoms with van der Waals surface area (Å²) in [5, 5.41) is 6.75. The van der Waals surface area contributed by atoms with Crippen molar-refractivity contribution in [3.63, 3.8) is 0 Å². The third-order valence-electron chi connectivity index (χ3n) is 5.34. The van der Waals surface area contributed by atoms with E-state index in [1.807, 2.05) is 30.9 Å². The number of nitrogens with zero attached hydrogens (tertiary/aromatic N) is 2. The fourth-order valence-corrected chi connectivity index (χ4v) is 3.47. The summed E-state index contributed by atoms with van der Waals surface area (Å²) in [7, 11) is 0. The zero-order valence-corrected chi connectivity index (χ0v) is 17.8. The molecular weight excluding hydrogens is 366 g/mol. The van der Waals surface area contributed by atoms with Crippen LogP contribution in [0.1, 0.15) is 56.4 Å². The number of benzene rings is 1. The van der Waals surface area contributed by atoms with Crippen molar-refractivity contribution in [3.05, 3.63) is 46.7 Å². The lowest BCUT2D eigenvalue weighted by molar-refractivity contribution is 0.207. The summed E-state index contributed by atoms with van der Waals surface area (Å²) in [6.07, 6.45) is 6.34. The molecule has 1 unspecified atom stereocenters. The van der Waals surface area contributed by atoms with Crippen LogP contribution in [-0.2, 0) is 0 Å². The molecule has 0 spiro atoms. The predicted octanol–water partition coefficient (Wildman–Crippen LogP) is 5.57. The average Bonchev–Trinajstić information content (AvgIpc) is 3.01. The van der Waals surface area contributed by atoms with Gasteiger partial charge in [-0.25, -0.2) is 4.79 Å². The fourth-order valence-electron chi connectivity index (χ4n) is 3.47. The van der Waals surface area contributed by atoms with Gasteiger partial charge in [-0.2, -0.15) is 0 Å². The molecule has 0 aliphatic carbocycles. The normalized spacial score (nSPS) is 15.2. The van der Waals surface area contributed by atoms with E-state index in [0.717, 1.165) is 48.3 Å². The molecule has 0 radical (unpaired) electrons. The second-order valence-electron chi connectivity index (χ2n) is 7.72. The lowest BCUT2D eigenvalue weighted by Crippen LogP contribution is -2.39. The number of hydrogen-bond acceptors (Lipinski definition) is 4. The number of carbonyl (C=O) groups excluding carboxylic acids is 1.